The van der Waals surface area contributed by atoms with Crippen molar-refractivity contribution in [3.63, 3.8) is 0 Å². The van der Waals surface area contributed by atoms with E-state index in [1.807, 2.05) is 33.4 Å². The SMILES string of the molecule is CC(C)CCn1c(Cn2c(=O)n(C(C)C)c3ccccc32)nc2cc(CCN)ccc21. The maximum absolute atomic E-state index is 13.3. The Kier molecular flexibility index (Phi) is 6.01. The molecule has 2 heterocycles. The number of aromatic nitrogens is 4. The van der Waals surface area contributed by atoms with Gasteiger partial charge in [-0.1, -0.05) is 32.0 Å². The fourth-order valence-corrected chi connectivity index (χ4v) is 4.33. The molecule has 2 aromatic carbocycles. The highest BCUT2D eigenvalue weighted by Crippen LogP contribution is 2.23. The number of nitrogens with two attached hydrogens (primary N) is 1. The topological polar surface area (TPSA) is 70.8 Å². The molecule has 164 valence electrons. The third kappa shape index (κ3) is 4.04. The number of fused-ring (bicyclic) bond motifs is 2. The third-order valence-electron chi connectivity index (χ3n) is 5.94. The summed E-state index contributed by atoms with van der Waals surface area (Å²) < 4.78 is 6.02. The smallest absolute Gasteiger partial charge is 0.329 e. The molecule has 0 fully saturated rings. The van der Waals surface area contributed by atoms with E-state index in [9.17, 15) is 4.79 Å². The summed E-state index contributed by atoms with van der Waals surface area (Å²) in [5, 5.41) is 0. The molecule has 0 saturated heterocycles. The lowest BCUT2D eigenvalue weighted by Gasteiger charge is -2.12. The van der Waals surface area contributed by atoms with Crippen molar-refractivity contribution in [2.75, 3.05) is 6.54 Å². The van der Waals surface area contributed by atoms with Crippen molar-refractivity contribution in [1.82, 2.24) is 18.7 Å². The van der Waals surface area contributed by atoms with Gasteiger partial charge in [-0.3, -0.25) is 9.13 Å². The summed E-state index contributed by atoms with van der Waals surface area (Å²) in [6, 6.07) is 14.5. The van der Waals surface area contributed by atoms with E-state index < -0.39 is 0 Å². The molecule has 0 aliphatic heterocycles. The van der Waals surface area contributed by atoms with E-state index in [1.54, 1.807) is 0 Å². The van der Waals surface area contributed by atoms with Crippen molar-refractivity contribution >= 4 is 22.1 Å². The normalized spacial score (nSPS) is 12.1. The van der Waals surface area contributed by atoms with Gasteiger partial charge in [0.1, 0.15) is 5.82 Å². The van der Waals surface area contributed by atoms with Gasteiger partial charge in [0.2, 0.25) is 0 Å². The average Bonchev–Trinajstić information content (AvgIpc) is 3.21. The largest absolute Gasteiger partial charge is 0.330 e. The molecule has 6 heteroatoms. The lowest BCUT2D eigenvalue weighted by Crippen LogP contribution is -2.27. The van der Waals surface area contributed by atoms with Crippen molar-refractivity contribution in [2.45, 2.75) is 59.7 Å². The zero-order chi connectivity index (χ0) is 22.1. The van der Waals surface area contributed by atoms with Crippen LogP contribution in [0.25, 0.3) is 22.1 Å². The van der Waals surface area contributed by atoms with Crippen molar-refractivity contribution in [3.8, 4) is 0 Å². The van der Waals surface area contributed by atoms with Crippen LogP contribution in [-0.2, 0) is 19.5 Å². The van der Waals surface area contributed by atoms with Gasteiger partial charge in [-0.2, -0.15) is 0 Å². The fraction of sp³-hybridized carbons (Fsp3) is 0.440. The second kappa shape index (κ2) is 8.71. The van der Waals surface area contributed by atoms with Crippen molar-refractivity contribution in [1.29, 1.82) is 0 Å². The van der Waals surface area contributed by atoms with Gasteiger partial charge < -0.3 is 10.3 Å². The van der Waals surface area contributed by atoms with Crippen LogP contribution in [0.5, 0.6) is 0 Å². The molecule has 6 nitrogen and oxygen atoms in total. The van der Waals surface area contributed by atoms with E-state index in [2.05, 4.69) is 50.5 Å². The van der Waals surface area contributed by atoms with Crippen molar-refractivity contribution in [2.24, 2.45) is 11.7 Å². The summed E-state index contributed by atoms with van der Waals surface area (Å²) in [6.07, 6.45) is 1.90. The van der Waals surface area contributed by atoms with E-state index in [0.717, 1.165) is 47.3 Å². The number of benzene rings is 2. The maximum atomic E-state index is 13.3. The van der Waals surface area contributed by atoms with Crippen LogP contribution in [0.1, 0.15) is 51.5 Å². The molecule has 0 amide bonds. The van der Waals surface area contributed by atoms with Gasteiger partial charge in [0.05, 0.1) is 28.6 Å². The molecule has 0 radical (unpaired) electrons. The Morgan fingerprint density at radius 2 is 1.71 bits per heavy atom. The van der Waals surface area contributed by atoms with Crippen LogP contribution in [0.4, 0.5) is 0 Å². The van der Waals surface area contributed by atoms with E-state index in [1.165, 1.54) is 5.56 Å². The molecule has 0 bridgehead atoms. The molecule has 4 aromatic rings. The van der Waals surface area contributed by atoms with Crippen LogP contribution in [0.3, 0.4) is 0 Å². The predicted molar refractivity (Wildman–Crippen MR) is 128 cm³/mol. The highest BCUT2D eigenvalue weighted by Gasteiger charge is 2.18. The second-order valence-corrected chi connectivity index (χ2v) is 9.05. The minimum atomic E-state index is 0.0162. The van der Waals surface area contributed by atoms with Crippen LogP contribution in [0.2, 0.25) is 0 Å². The molecule has 4 rings (SSSR count). The summed E-state index contributed by atoms with van der Waals surface area (Å²) >= 11 is 0. The van der Waals surface area contributed by atoms with Gasteiger partial charge in [0, 0.05) is 12.6 Å². The first kappa shape index (κ1) is 21.4. The lowest BCUT2D eigenvalue weighted by molar-refractivity contribution is 0.504. The Balaban J connectivity index is 1.85. The first-order valence-corrected chi connectivity index (χ1v) is 11.3. The first-order valence-electron chi connectivity index (χ1n) is 11.3. The van der Waals surface area contributed by atoms with E-state index in [-0.39, 0.29) is 11.7 Å². The molecule has 0 saturated carbocycles. The van der Waals surface area contributed by atoms with Crippen LogP contribution < -0.4 is 11.4 Å². The Hall–Kier alpha value is -2.86. The molecule has 0 atom stereocenters. The van der Waals surface area contributed by atoms with E-state index in [0.29, 0.717) is 19.0 Å². The standard InChI is InChI=1S/C25H33N5O/c1-17(2)12-14-28-21-10-9-19(11-13-26)15-20(21)27-24(28)16-29-22-7-5-6-8-23(22)30(18(3)4)25(29)31/h5-10,15,17-18H,11-14,16,26H2,1-4H3. The minimum Gasteiger partial charge on any atom is -0.330 e. The van der Waals surface area contributed by atoms with Crippen molar-refractivity contribution in [3.05, 3.63) is 64.3 Å². The summed E-state index contributed by atoms with van der Waals surface area (Å²) in [5.74, 6) is 1.52. The average molecular weight is 420 g/mol. The molecular formula is C25H33N5O. The highest BCUT2D eigenvalue weighted by atomic mass is 16.1. The van der Waals surface area contributed by atoms with Crippen LogP contribution in [0, 0.1) is 5.92 Å². The fourth-order valence-electron chi connectivity index (χ4n) is 4.33. The van der Waals surface area contributed by atoms with Gasteiger partial charge >= 0.3 is 5.69 Å². The zero-order valence-electron chi connectivity index (χ0n) is 19.0. The van der Waals surface area contributed by atoms with Gasteiger partial charge in [0.15, 0.2) is 0 Å². The second-order valence-electron chi connectivity index (χ2n) is 9.05. The number of rotatable bonds is 8. The predicted octanol–water partition coefficient (Wildman–Crippen LogP) is 4.33. The van der Waals surface area contributed by atoms with E-state index in [4.69, 9.17) is 10.7 Å². The number of para-hydroxylation sites is 2. The van der Waals surface area contributed by atoms with Crippen LogP contribution in [0.15, 0.2) is 47.3 Å². The quantitative estimate of drug-likeness (QED) is 0.462. The van der Waals surface area contributed by atoms with Crippen LogP contribution >= 0.6 is 0 Å². The number of nitrogens with zero attached hydrogens (tertiary/aromatic N) is 4. The monoisotopic (exact) mass is 419 g/mol. The highest BCUT2D eigenvalue weighted by molar-refractivity contribution is 5.78. The molecule has 31 heavy (non-hydrogen) atoms. The number of imidazole rings is 2. The molecule has 0 spiro atoms. The Bertz CT molecular complexity index is 1260. The van der Waals surface area contributed by atoms with Crippen molar-refractivity contribution < 1.29 is 0 Å². The molecule has 0 aliphatic rings. The molecular weight excluding hydrogens is 386 g/mol. The zero-order valence-corrected chi connectivity index (χ0v) is 19.0. The summed E-state index contributed by atoms with van der Waals surface area (Å²) in [4.78, 5) is 18.3. The van der Waals surface area contributed by atoms with Gasteiger partial charge in [0.25, 0.3) is 0 Å². The molecule has 2 N–H and O–H groups in total. The molecule has 0 aliphatic carbocycles. The Labute approximate surface area is 183 Å². The third-order valence-corrected chi connectivity index (χ3v) is 5.94. The number of hydrogen-bond acceptors (Lipinski definition) is 3. The summed E-state index contributed by atoms with van der Waals surface area (Å²) in [5.41, 5.74) is 11.0. The van der Waals surface area contributed by atoms with E-state index >= 15 is 0 Å². The molecule has 2 aromatic heterocycles. The summed E-state index contributed by atoms with van der Waals surface area (Å²) in [7, 11) is 0. The van der Waals surface area contributed by atoms with Gasteiger partial charge in [-0.25, -0.2) is 9.78 Å². The maximum Gasteiger partial charge on any atom is 0.329 e. The Morgan fingerprint density at radius 3 is 2.39 bits per heavy atom. The minimum absolute atomic E-state index is 0.0162. The molecule has 0 unspecified atom stereocenters. The number of aryl methyl sites for hydroxylation is 1. The van der Waals surface area contributed by atoms with Crippen LogP contribution in [-0.4, -0.2) is 25.2 Å². The van der Waals surface area contributed by atoms with Gasteiger partial charge in [-0.05, 0) is 69.0 Å². The van der Waals surface area contributed by atoms with Gasteiger partial charge in [-0.15, -0.1) is 0 Å². The Morgan fingerprint density at radius 1 is 0.968 bits per heavy atom. The number of hydrogen-bond donors (Lipinski definition) is 1. The first-order chi connectivity index (χ1) is 14.9. The summed E-state index contributed by atoms with van der Waals surface area (Å²) in [6.45, 7) is 10.5. The lowest BCUT2D eigenvalue weighted by atomic mass is 10.1.